The number of aryl methyl sites for hydroxylation is 4. The number of hydrogen-bond donors (Lipinski definition) is 0. The minimum absolute atomic E-state index is 0. The molecule has 0 amide bonds. The van der Waals surface area contributed by atoms with Gasteiger partial charge in [-0.05, 0) is 25.7 Å². The van der Waals surface area contributed by atoms with Gasteiger partial charge in [-0.15, -0.1) is 0 Å². The van der Waals surface area contributed by atoms with E-state index in [2.05, 4.69) is 255 Å². The summed E-state index contributed by atoms with van der Waals surface area (Å²) in [6.45, 7) is 35.4. The molecular weight excluding hydrogens is 1080 g/mol. The maximum absolute atomic E-state index is 3.44. The second-order valence-electron chi connectivity index (χ2n) is 18.6. The molecule has 4 aliphatic rings. The van der Waals surface area contributed by atoms with Gasteiger partial charge in [-0.2, -0.15) is 46.6 Å². The first-order chi connectivity index (χ1) is 32.3. The van der Waals surface area contributed by atoms with E-state index in [0.717, 1.165) is 25.7 Å². The topological polar surface area (TPSA) is 0 Å². The number of benzene rings is 4. The van der Waals surface area contributed by atoms with Crippen LogP contribution in [-0.4, -0.2) is 10.9 Å². The molecule has 4 aromatic rings. The Morgan fingerprint density at radius 3 is 0.643 bits per heavy atom. The smallest absolute Gasteiger partial charge is 1.00 e. The summed E-state index contributed by atoms with van der Waals surface area (Å²) in [6, 6.07) is 34.7. The van der Waals surface area contributed by atoms with Gasteiger partial charge >= 0.3 is 83.7 Å². The molecule has 70 heavy (non-hydrogen) atoms. The molecule has 4 aliphatic carbocycles. The van der Waals surface area contributed by atoms with Crippen molar-refractivity contribution < 1.29 is 71.5 Å². The SMILES string of the molecule is CCc1ccccc1C1=CC(C)[C-]=C1C.CCc1ccccc1C1=CC(C)[C-]=C1C.CCc1ccccc1C1=CC(C)[C-]=C1C.CCc1ccccc1C1=CC(C)[C-]=C1C.C[Si](C)=[Zr+2].C[Si](C)=[Zr+2].[Cl-].[Cl-]. The van der Waals surface area contributed by atoms with E-state index < -0.39 is 0 Å². The molecule has 0 radical (unpaired) electrons. The Morgan fingerprint density at radius 1 is 0.357 bits per heavy atom. The summed E-state index contributed by atoms with van der Waals surface area (Å²) >= 11 is 3.48. The molecule has 4 atom stereocenters. The first-order valence-corrected chi connectivity index (χ1v) is 37.4. The van der Waals surface area contributed by atoms with E-state index in [1.165, 1.54) is 89.1 Å². The van der Waals surface area contributed by atoms with Crippen LogP contribution in [0.3, 0.4) is 0 Å². The zero-order chi connectivity index (χ0) is 50.5. The van der Waals surface area contributed by atoms with Gasteiger partial charge in [0.2, 0.25) is 0 Å². The number of hydrogen-bond acceptors (Lipinski definition) is 0. The third-order valence-electron chi connectivity index (χ3n) is 11.8. The molecule has 0 nitrogen and oxygen atoms in total. The molecule has 0 aliphatic heterocycles. The fourth-order valence-corrected chi connectivity index (χ4v) is 8.88. The van der Waals surface area contributed by atoms with E-state index in [9.17, 15) is 0 Å². The Bertz CT molecular complexity index is 2240. The molecule has 0 saturated heterocycles. The van der Waals surface area contributed by atoms with Gasteiger partial charge in [0.25, 0.3) is 0 Å². The van der Waals surface area contributed by atoms with Gasteiger partial charge < -0.3 is 24.8 Å². The number of halogens is 2. The molecule has 4 unspecified atom stereocenters. The van der Waals surface area contributed by atoms with Crippen LogP contribution in [0, 0.1) is 48.0 Å². The van der Waals surface area contributed by atoms with Crippen LogP contribution in [0.4, 0.5) is 0 Å². The maximum atomic E-state index is 3.44. The van der Waals surface area contributed by atoms with Crippen LogP contribution >= 0.6 is 0 Å². The van der Waals surface area contributed by atoms with E-state index in [-0.39, 0.29) is 35.7 Å². The van der Waals surface area contributed by atoms with Crippen molar-refractivity contribution in [2.24, 2.45) is 23.7 Å². The summed E-state index contributed by atoms with van der Waals surface area (Å²) in [5.41, 5.74) is 22.4. The van der Waals surface area contributed by atoms with E-state index in [0.29, 0.717) is 23.7 Å². The van der Waals surface area contributed by atoms with Gasteiger partial charge in [0.15, 0.2) is 0 Å². The van der Waals surface area contributed by atoms with Crippen molar-refractivity contribution in [3.8, 4) is 0 Å². The van der Waals surface area contributed by atoms with Crippen LogP contribution in [0.25, 0.3) is 22.3 Å². The van der Waals surface area contributed by atoms with Gasteiger partial charge in [-0.25, -0.2) is 22.3 Å². The molecule has 0 saturated carbocycles. The fraction of sp³-hybridized carbons (Fsp3) is 0.375. The zero-order valence-electron chi connectivity index (χ0n) is 45.4. The first-order valence-electron chi connectivity index (χ1n) is 25.0. The van der Waals surface area contributed by atoms with Gasteiger partial charge in [-0.1, -0.05) is 248 Å². The minimum Gasteiger partial charge on any atom is -1.00 e. The Balaban J connectivity index is 0.000000439. The largest absolute Gasteiger partial charge is 1.00 e. The second-order valence-corrected chi connectivity index (χ2v) is 37.3. The predicted octanol–water partition coefficient (Wildman–Crippen LogP) is 11.7. The Morgan fingerprint density at radius 2 is 0.514 bits per heavy atom. The van der Waals surface area contributed by atoms with E-state index in [1.54, 1.807) is 46.7 Å². The molecule has 0 fully saturated rings. The van der Waals surface area contributed by atoms with Crippen LogP contribution in [0.5, 0.6) is 0 Å². The van der Waals surface area contributed by atoms with Gasteiger partial charge in [0.05, 0.1) is 0 Å². The second kappa shape index (κ2) is 34.1. The molecule has 0 N–H and O–H groups in total. The van der Waals surface area contributed by atoms with Crippen molar-refractivity contribution in [1.82, 2.24) is 0 Å². The first kappa shape index (κ1) is 65.6. The maximum Gasteiger partial charge on any atom is -1.00 e. The van der Waals surface area contributed by atoms with Gasteiger partial charge in [-0.3, -0.25) is 24.3 Å². The van der Waals surface area contributed by atoms with Crippen molar-refractivity contribution in [1.29, 1.82) is 0 Å². The Kier molecular flexibility index (Phi) is 32.0. The van der Waals surface area contributed by atoms with E-state index >= 15 is 0 Å². The fourth-order valence-electron chi connectivity index (χ4n) is 8.88. The van der Waals surface area contributed by atoms with Gasteiger partial charge in [0.1, 0.15) is 0 Å². The van der Waals surface area contributed by atoms with Crippen molar-refractivity contribution >= 4 is 33.2 Å². The van der Waals surface area contributed by atoms with Crippen LogP contribution in [-0.2, 0) is 72.4 Å². The normalized spacial score (nSPS) is 18.0. The standard InChI is InChI=1S/4C15H17.2C2H6Si.2ClH.2Zr/c4*1-4-13-7-5-6-8-14(13)15-10-11(2)9-12(15)3;2*1-3-2;;;;/h4*5-8,10-11H,4H2,1-3H3;2*1-2H3;2*1H;;/q4*-1;;;;;2*+2/p-2. The quantitative estimate of drug-likeness (QED) is 0.122. The summed E-state index contributed by atoms with van der Waals surface area (Å²) in [5.74, 6) is 1.85. The third kappa shape index (κ3) is 21.2. The average molecular weight is 1160 g/mol. The van der Waals surface area contributed by atoms with Crippen molar-refractivity contribution in [2.45, 2.75) is 135 Å². The van der Waals surface area contributed by atoms with E-state index in [4.69, 9.17) is 0 Å². The van der Waals surface area contributed by atoms with Crippen molar-refractivity contribution in [2.75, 3.05) is 0 Å². The molecule has 0 bridgehead atoms. The summed E-state index contributed by atoms with van der Waals surface area (Å²) < 4.78 is 0. The molecule has 6 heteroatoms. The molecule has 0 spiro atoms. The Labute approximate surface area is 471 Å². The molecule has 368 valence electrons. The molecule has 0 aromatic heterocycles. The van der Waals surface area contributed by atoms with E-state index in [1.807, 2.05) is 0 Å². The molecule has 0 heterocycles. The average Bonchev–Trinajstić information content (AvgIpc) is 4.05. The van der Waals surface area contributed by atoms with Crippen LogP contribution in [0.15, 0.2) is 144 Å². The summed E-state index contributed by atoms with van der Waals surface area (Å²) in [6.07, 6.45) is 27.4. The van der Waals surface area contributed by atoms with Crippen molar-refractivity contribution in [3.05, 3.63) is 212 Å². The molecule has 4 aromatic carbocycles. The Hall–Kier alpha value is -2.42. The van der Waals surface area contributed by atoms with Crippen molar-refractivity contribution in [3.63, 3.8) is 0 Å². The number of rotatable bonds is 8. The molecular formula is C64H80Cl2Si2Zr2-2. The van der Waals surface area contributed by atoms with Crippen LogP contribution in [0.2, 0.25) is 26.2 Å². The van der Waals surface area contributed by atoms with Gasteiger partial charge in [0, 0.05) is 0 Å². The van der Waals surface area contributed by atoms with Crippen LogP contribution < -0.4 is 24.8 Å². The summed E-state index contributed by atoms with van der Waals surface area (Å²) in [4.78, 5) is 0. The summed E-state index contributed by atoms with van der Waals surface area (Å²) in [7, 11) is 0. The minimum atomic E-state index is 0. The zero-order valence-corrected chi connectivity index (χ0v) is 53.9. The number of allylic oxidation sites excluding steroid dienone is 16. The monoisotopic (exact) mass is 1150 g/mol. The van der Waals surface area contributed by atoms with Crippen LogP contribution in [0.1, 0.15) is 128 Å². The third-order valence-corrected chi connectivity index (χ3v) is 11.8. The summed E-state index contributed by atoms with van der Waals surface area (Å²) in [5, 5.41) is 0. The molecule has 8 rings (SSSR count). The predicted molar refractivity (Wildman–Crippen MR) is 297 cm³/mol.